The number of hydroxylamine groups is 1. The van der Waals surface area contributed by atoms with Crippen molar-refractivity contribution in [3.05, 3.63) is 65.2 Å². The lowest BCUT2D eigenvalue weighted by Crippen LogP contribution is -2.18. The molecule has 98 valence electrons. The largest absolute Gasteiger partial charge is 0.316 e. The van der Waals surface area contributed by atoms with Gasteiger partial charge in [-0.15, -0.1) is 0 Å². The summed E-state index contributed by atoms with van der Waals surface area (Å²) in [4.78, 5) is 0. The smallest absolute Gasteiger partial charge is 0.0474 e. The van der Waals surface area contributed by atoms with Gasteiger partial charge in [0.1, 0.15) is 0 Å². The average molecular weight is 274 g/mol. The van der Waals surface area contributed by atoms with Crippen molar-refractivity contribution in [1.82, 2.24) is 5.48 Å². The van der Waals surface area contributed by atoms with Gasteiger partial charge in [0.15, 0.2) is 0 Å². The van der Waals surface area contributed by atoms with Crippen molar-refractivity contribution in [3.8, 4) is 11.1 Å². The lowest BCUT2D eigenvalue weighted by molar-refractivity contribution is 0.150. The molecule has 0 radical (unpaired) electrons. The van der Waals surface area contributed by atoms with E-state index in [1.807, 2.05) is 55.5 Å². The number of hydrogen-bond donors (Lipinski definition) is 2. The van der Waals surface area contributed by atoms with Gasteiger partial charge in [-0.05, 0) is 41.8 Å². The number of benzene rings is 2. The summed E-state index contributed by atoms with van der Waals surface area (Å²) in [5.74, 6) is 0. The predicted octanol–water partition coefficient (Wildman–Crippen LogP) is 4.39. The monoisotopic (exact) mass is 273 g/mol. The minimum Gasteiger partial charge on any atom is -0.316 e. The topological polar surface area (TPSA) is 32.3 Å². The van der Waals surface area contributed by atoms with Crippen LogP contribution >= 0.6 is 11.6 Å². The molecule has 0 aromatic heterocycles. The zero-order valence-corrected chi connectivity index (χ0v) is 11.4. The lowest BCUT2D eigenvalue weighted by Gasteiger charge is -2.04. The van der Waals surface area contributed by atoms with Crippen molar-refractivity contribution in [2.24, 2.45) is 0 Å². The van der Waals surface area contributed by atoms with Crippen LogP contribution in [0.1, 0.15) is 12.5 Å². The van der Waals surface area contributed by atoms with Gasteiger partial charge in [0, 0.05) is 11.1 Å². The van der Waals surface area contributed by atoms with Gasteiger partial charge in [0.25, 0.3) is 0 Å². The van der Waals surface area contributed by atoms with E-state index in [2.05, 4.69) is 17.6 Å². The molecule has 0 amide bonds. The number of nitrogens with one attached hydrogen (secondary N) is 1. The molecule has 2 aromatic rings. The van der Waals surface area contributed by atoms with Crippen LogP contribution in [0, 0.1) is 0 Å². The van der Waals surface area contributed by atoms with E-state index < -0.39 is 0 Å². The third-order valence-electron chi connectivity index (χ3n) is 2.85. The van der Waals surface area contributed by atoms with Gasteiger partial charge in [-0.1, -0.05) is 54.1 Å². The Morgan fingerprint density at radius 1 is 1.11 bits per heavy atom. The van der Waals surface area contributed by atoms with Crippen LogP contribution in [0.15, 0.2) is 54.6 Å². The second kappa shape index (κ2) is 6.53. The Morgan fingerprint density at radius 2 is 1.84 bits per heavy atom. The van der Waals surface area contributed by atoms with Crippen LogP contribution in [0.4, 0.5) is 0 Å². The summed E-state index contributed by atoms with van der Waals surface area (Å²) >= 11 is 5.89. The lowest BCUT2D eigenvalue weighted by atomic mass is 10.0. The summed E-state index contributed by atoms with van der Waals surface area (Å²) < 4.78 is 0. The van der Waals surface area contributed by atoms with Gasteiger partial charge in [0.2, 0.25) is 0 Å². The van der Waals surface area contributed by atoms with Gasteiger partial charge >= 0.3 is 0 Å². The summed E-state index contributed by atoms with van der Waals surface area (Å²) in [6.45, 7) is 1.87. The van der Waals surface area contributed by atoms with E-state index in [-0.39, 0.29) is 6.04 Å². The van der Waals surface area contributed by atoms with Crippen molar-refractivity contribution in [3.63, 3.8) is 0 Å². The first kappa shape index (κ1) is 13.8. The minimum absolute atomic E-state index is 0.0702. The molecule has 19 heavy (non-hydrogen) atoms. The molecule has 1 atom stereocenters. The Hall–Kier alpha value is -1.61. The van der Waals surface area contributed by atoms with Gasteiger partial charge in [-0.3, -0.25) is 0 Å². The highest BCUT2D eigenvalue weighted by Gasteiger charge is 1.98. The molecule has 2 aromatic carbocycles. The third-order valence-corrected chi connectivity index (χ3v) is 3.10. The van der Waals surface area contributed by atoms with Crippen LogP contribution < -0.4 is 5.48 Å². The molecule has 2 N–H and O–H groups in total. The highest BCUT2D eigenvalue weighted by molar-refractivity contribution is 6.30. The maximum Gasteiger partial charge on any atom is 0.0474 e. The molecule has 0 heterocycles. The van der Waals surface area contributed by atoms with E-state index in [1.54, 1.807) is 0 Å². The van der Waals surface area contributed by atoms with Gasteiger partial charge in [-0.25, -0.2) is 0 Å². The van der Waals surface area contributed by atoms with Crippen LogP contribution in [-0.4, -0.2) is 11.2 Å². The van der Waals surface area contributed by atoms with Crippen LogP contribution in [0.2, 0.25) is 5.02 Å². The average Bonchev–Trinajstić information content (AvgIpc) is 2.46. The van der Waals surface area contributed by atoms with E-state index in [0.717, 1.165) is 21.7 Å². The number of halogens is 1. The molecule has 0 saturated carbocycles. The molecule has 0 aliphatic carbocycles. The van der Waals surface area contributed by atoms with Crippen LogP contribution in [-0.2, 0) is 0 Å². The van der Waals surface area contributed by atoms with Crippen LogP contribution in [0.25, 0.3) is 17.2 Å². The second-order valence-corrected chi connectivity index (χ2v) is 4.85. The maximum absolute atomic E-state index is 8.76. The summed E-state index contributed by atoms with van der Waals surface area (Å²) in [7, 11) is 0. The fourth-order valence-electron chi connectivity index (χ4n) is 1.76. The van der Waals surface area contributed by atoms with Gasteiger partial charge in [-0.2, -0.15) is 5.48 Å². The Labute approximate surface area is 118 Å². The predicted molar refractivity (Wildman–Crippen MR) is 80.3 cm³/mol. The van der Waals surface area contributed by atoms with E-state index in [9.17, 15) is 0 Å². The standard InChI is InChI=1S/C16H16ClNO/c1-12(18-19)5-6-13-3-2-4-15(11-13)14-7-9-16(17)10-8-14/h2-12,18-19H,1H3/b6-5+. The molecule has 0 aliphatic heterocycles. The summed E-state index contributed by atoms with van der Waals surface area (Å²) in [5.41, 5.74) is 5.55. The van der Waals surface area contributed by atoms with E-state index in [0.29, 0.717) is 0 Å². The van der Waals surface area contributed by atoms with E-state index in [4.69, 9.17) is 16.8 Å². The maximum atomic E-state index is 8.76. The molecular weight excluding hydrogens is 258 g/mol. The first-order chi connectivity index (χ1) is 9.19. The van der Waals surface area contributed by atoms with Crippen molar-refractivity contribution >= 4 is 17.7 Å². The highest BCUT2D eigenvalue weighted by atomic mass is 35.5. The van der Waals surface area contributed by atoms with Crippen molar-refractivity contribution in [2.75, 3.05) is 0 Å². The normalized spacial score (nSPS) is 12.8. The SMILES string of the molecule is CC(/C=C/c1cccc(-c2ccc(Cl)cc2)c1)NO. The molecule has 0 saturated heterocycles. The molecule has 0 spiro atoms. The molecule has 2 nitrogen and oxygen atoms in total. The molecule has 2 rings (SSSR count). The number of hydrogen-bond acceptors (Lipinski definition) is 2. The minimum atomic E-state index is -0.0702. The van der Waals surface area contributed by atoms with Gasteiger partial charge < -0.3 is 5.21 Å². The summed E-state index contributed by atoms with van der Waals surface area (Å²) in [6.07, 6.45) is 3.88. The molecule has 0 fully saturated rings. The van der Waals surface area contributed by atoms with Gasteiger partial charge in [0.05, 0.1) is 0 Å². The molecule has 0 aliphatic rings. The van der Waals surface area contributed by atoms with E-state index in [1.165, 1.54) is 0 Å². The van der Waals surface area contributed by atoms with E-state index >= 15 is 0 Å². The fourth-order valence-corrected chi connectivity index (χ4v) is 1.89. The summed E-state index contributed by atoms with van der Waals surface area (Å²) in [6, 6.07) is 15.9. The Balaban J connectivity index is 2.24. The molecule has 1 unspecified atom stereocenters. The highest BCUT2D eigenvalue weighted by Crippen LogP contribution is 2.22. The Morgan fingerprint density at radius 3 is 2.53 bits per heavy atom. The fraction of sp³-hybridized carbons (Fsp3) is 0.125. The van der Waals surface area contributed by atoms with Crippen molar-refractivity contribution in [2.45, 2.75) is 13.0 Å². The summed E-state index contributed by atoms with van der Waals surface area (Å²) in [5, 5.41) is 9.50. The number of rotatable bonds is 4. The van der Waals surface area contributed by atoms with Crippen LogP contribution in [0.3, 0.4) is 0 Å². The van der Waals surface area contributed by atoms with Crippen LogP contribution in [0.5, 0.6) is 0 Å². The van der Waals surface area contributed by atoms with Crippen molar-refractivity contribution in [1.29, 1.82) is 0 Å². The Kier molecular flexibility index (Phi) is 4.74. The second-order valence-electron chi connectivity index (χ2n) is 4.41. The van der Waals surface area contributed by atoms with Crippen molar-refractivity contribution < 1.29 is 5.21 Å². The quantitative estimate of drug-likeness (QED) is 0.810. The third kappa shape index (κ3) is 3.93. The first-order valence-corrected chi connectivity index (χ1v) is 6.50. The first-order valence-electron chi connectivity index (χ1n) is 6.13. The molecular formula is C16H16ClNO. The Bertz CT molecular complexity index is 563. The zero-order chi connectivity index (χ0) is 13.7. The molecule has 3 heteroatoms. The zero-order valence-electron chi connectivity index (χ0n) is 10.7. The molecule has 0 bridgehead atoms.